The summed E-state index contributed by atoms with van der Waals surface area (Å²) in [6.07, 6.45) is -0.543. The molecule has 1 aliphatic carbocycles. The van der Waals surface area contributed by atoms with E-state index in [0.29, 0.717) is 49.8 Å². The first-order valence-corrected chi connectivity index (χ1v) is 12.6. The lowest BCUT2D eigenvalue weighted by Crippen LogP contribution is -2.38. The maximum atomic E-state index is 14.5. The summed E-state index contributed by atoms with van der Waals surface area (Å²) in [7, 11) is 0. The van der Waals surface area contributed by atoms with Crippen molar-refractivity contribution in [2.45, 2.75) is 56.7 Å². The number of rotatable bonds is 7. The van der Waals surface area contributed by atoms with E-state index < -0.39 is 23.7 Å². The lowest BCUT2D eigenvalue weighted by atomic mass is 9.70. The fraction of sp³-hybridized carbons (Fsp3) is 0.360. The van der Waals surface area contributed by atoms with Crippen molar-refractivity contribution < 1.29 is 22.3 Å². The molecule has 1 fully saturated rings. The summed E-state index contributed by atoms with van der Waals surface area (Å²) in [6.45, 7) is 1.90. The standard InChI is InChI=1S/C25H24F4N6OS/c1-15-33-35-23(37-15)24(14-16-4-2-7-20(31-16)32-21-10-13-30-34-21)11-8-17(9-12-24)36-19-6-3-5-18(22(19)26)25(27,28)29/h2-7,10,13,17H,8-9,11-12,14H2,1H3,(H2,30,31,32,34)/t17-,24+. The molecule has 0 radical (unpaired) electrons. The molecule has 0 spiro atoms. The van der Waals surface area contributed by atoms with E-state index in [-0.39, 0.29) is 11.2 Å². The van der Waals surface area contributed by atoms with E-state index in [9.17, 15) is 17.6 Å². The van der Waals surface area contributed by atoms with Crippen molar-refractivity contribution in [3.05, 3.63) is 75.8 Å². The predicted octanol–water partition coefficient (Wildman–Crippen LogP) is 6.37. The van der Waals surface area contributed by atoms with Gasteiger partial charge < -0.3 is 10.1 Å². The van der Waals surface area contributed by atoms with Gasteiger partial charge in [-0.25, -0.2) is 9.37 Å². The zero-order valence-electron chi connectivity index (χ0n) is 19.8. The van der Waals surface area contributed by atoms with Crippen molar-refractivity contribution in [1.29, 1.82) is 0 Å². The summed E-state index contributed by atoms with van der Waals surface area (Å²) in [4.78, 5) is 4.75. The fourth-order valence-corrected chi connectivity index (χ4v) is 5.63. The Hall–Kier alpha value is -3.54. The molecule has 7 nitrogen and oxygen atoms in total. The van der Waals surface area contributed by atoms with Gasteiger partial charge in [0.2, 0.25) is 0 Å². The van der Waals surface area contributed by atoms with Gasteiger partial charge in [-0.1, -0.05) is 12.1 Å². The maximum Gasteiger partial charge on any atom is 0.419 e. The van der Waals surface area contributed by atoms with E-state index in [0.717, 1.165) is 21.8 Å². The highest BCUT2D eigenvalue weighted by molar-refractivity contribution is 7.11. The average molecular weight is 533 g/mol. The Balaban J connectivity index is 1.34. The van der Waals surface area contributed by atoms with Crippen molar-refractivity contribution in [1.82, 2.24) is 25.4 Å². The number of nitrogens with zero attached hydrogens (tertiary/aromatic N) is 4. The summed E-state index contributed by atoms with van der Waals surface area (Å²) in [6, 6.07) is 10.6. The van der Waals surface area contributed by atoms with Crippen LogP contribution in [0.1, 0.15) is 47.0 Å². The quantitative estimate of drug-likeness (QED) is 0.269. The third kappa shape index (κ3) is 5.58. The second kappa shape index (κ2) is 10.1. The molecule has 0 bridgehead atoms. The highest BCUT2D eigenvalue weighted by Crippen LogP contribution is 2.44. The van der Waals surface area contributed by atoms with Gasteiger partial charge in [-0.05, 0) is 56.9 Å². The molecule has 0 saturated heterocycles. The number of aryl methyl sites for hydroxylation is 1. The van der Waals surface area contributed by atoms with Crippen LogP contribution in [0.5, 0.6) is 5.75 Å². The fourth-order valence-electron chi connectivity index (χ4n) is 4.69. The molecule has 0 unspecified atom stereocenters. The van der Waals surface area contributed by atoms with Crippen molar-refractivity contribution >= 4 is 23.0 Å². The van der Waals surface area contributed by atoms with E-state index in [1.165, 1.54) is 17.4 Å². The van der Waals surface area contributed by atoms with Crippen LogP contribution in [0.2, 0.25) is 0 Å². The van der Waals surface area contributed by atoms with Crippen LogP contribution < -0.4 is 10.1 Å². The number of benzene rings is 1. The van der Waals surface area contributed by atoms with E-state index >= 15 is 0 Å². The molecule has 194 valence electrons. The minimum Gasteiger partial charge on any atom is -0.487 e. The van der Waals surface area contributed by atoms with Gasteiger partial charge in [0.25, 0.3) is 0 Å². The van der Waals surface area contributed by atoms with Crippen molar-refractivity contribution in [3.8, 4) is 5.75 Å². The number of hydrogen-bond donors (Lipinski definition) is 2. The Labute approximate surface area is 214 Å². The molecule has 37 heavy (non-hydrogen) atoms. The van der Waals surface area contributed by atoms with Gasteiger partial charge in [-0.3, -0.25) is 5.10 Å². The van der Waals surface area contributed by atoms with Crippen LogP contribution in [0, 0.1) is 12.7 Å². The first-order chi connectivity index (χ1) is 17.7. The molecule has 0 atom stereocenters. The van der Waals surface area contributed by atoms with E-state index in [4.69, 9.17) is 9.72 Å². The third-order valence-corrected chi connectivity index (χ3v) is 7.60. The lowest BCUT2D eigenvalue weighted by molar-refractivity contribution is -0.140. The highest BCUT2D eigenvalue weighted by Gasteiger charge is 2.41. The lowest BCUT2D eigenvalue weighted by Gasteiger charge is -2.38. The molecule has 3 heterocycles. The smallest absolute Gasteiger partial charge is 0.419 e. The van der Waals surface area contributed by atoms with Gasteiger partial charge in [-0.2, -0.15) is 18.3 Å². The Morgan fingerprint density at radius 1 is 1.08 bits per heavy atom. The Bertz CT molecular complexity index is 1350. The summed E-state index contributed by atoms with van der Waals surface area (Å²) in [5, 5.41) is 20.4. The molecule has 4 aromatic rings. The molecule has 3 aromatic heterocycles. The number of halogens is 4. The number of anilines is 2. The second-order valence-corrected chi connectivity index (χ2v) is 10.3. The van der Waals surface area contributed by atoms with E-state index in [1.807, 2.05) is 25.1 Å². The topological polar surface area (TPSA) is 88.6 Å². The van der Waals surface area contributed by atoms with Gasteiger partial charge in [0.05, 0.1) is 11.7 Å². The monoisotopic (exact) mass is 532 g/mol. The van der Waals surface area contributed by atoms with Crippen molar-refractivity contribution in [3.63, 3.8) is 0 Å². The van der Waals surface area contributed by atoms with Crippen molar-refractivity contribution in [2.75, 3.05) is 5.32 Å². The number of ether oxygens (including phenoxy) is 1. The number of aromatic nitrogens is 5. The minimum atomic E-state index is -4.78. The molecule has 0 aliphatic heterocycles. The number of nitrogens with one attached hydrogen (secondary N) is 2. The molecular formula is C25H24F4N6OS. The molecule has 1 aromatic carbocycles. The van der Waals surface area contributed by atoms with Crippen LogP contribution >= 0.6 is 11.3 Å². The highest BCUT2D eigenvalue weighted by atomic mass is 32.1. The van der Waals surface area contributed by atoms with Gasteiger partial charge in [0, 0.05) is 29.8 Å². The molecule has 2 N–H and O–H groups in total. The predicted molar refractivity (Wildman–Crippen MR) is 130 cm³/mol. The van der Waals surface area contributed by atoms with Crippen LogP contribution in [0.15, 0.2) is 48.7 Å². The number of alkyl halides is 3. The largest absolute Gasteiger partial charge is 0.487 e. The Kier molecular flexibility index (Phi) is 6.84. The second-order valence-electron chi connectivity index (χ2n) is 9.11. The van der Waals surface area contributed by atoms with Crippen LogP contribution in [0.4, 0.5) is 29.2 Å². The molecule has 1 aliphatic rings. The molecular weight excluding hydrogens is 508 g/mol. The summed E-state index contributed by atoms with van der Waals surface area (Å²) >= 11 is 1.53. The first kappa shape index (κ1) is 25.1. The number of hydrogen-bond acceptors (Lipinski definition) is 7. The molecule has 0 amide bonds. The minimum absolute atomic E-state index is 0.365. The summed E-state index contributed by atoms with van der Waals surface area (Å²) < 4.78 is 59.6. The molecule has 1 saturated carbocycles. The maximum absolute atomic E-state index is 14.5. The number of pyridine rings is 1. The zero-order chi connectivity index (χ0) is 26.0. The Morgan fingerprint density at radius 2 is 1.86 bits per heavy atom. The first-order valence-electron chi connectivity index (χ1n) is 11.8. The van der Waals surface area contributed by atoms with E-state index in [2.05, 4.69) is 25.7 Å². The zero-order valence-corrected chi connectivity index (χ0v) is 20.7. The number of H-pyrrole nitrogens is 1. The summed E-state index contributed by atoms with van der Waals surface area (Å²) in [5.74, 6) is -0.446. The third-order valence-electron chi connectivity index (χ3n) is 6.51. The van der Waals surface area contributed by atoms with Gasteiger partial charge in [-0.15, -0.1) is 21.5 Å². The van der Waals surface area contributed by atoms with Crippen molar-refractivity contribution in [2.24, 2.45) is 0 Å². The molecule has 12 heteroatoms. The van der Waals surface area contributed by atoms with E-state index in [1.54, 1.807) is 12.3 Å². The van der Waals surface area contributed by atoms with Crippen LogP contribution in [0.3, 0.4) is 0 Å². The van der Waals surface area contributed by atoms with Crippen LogP contribution in [-0.2, 0) is 18.0 Å². The van der Waals surface area contributed by atoms with Crippen LogP contribution in [-0.4, -0.2) is 31.5 Å². The average Bonchev–Trinajstić information content (AvgIpc) is 3.53. The Morgan fingerprint density at radius 3 is 2.54 bits per heavy atom. The summed E-state index contributed by atoms with van der Waals surface area (Å²) in [5.41, 5.74) is -0.832. The molecule has 5 rings (SSSR count). The van der Waals surface area contributed by atoms with Gasteiger partial charge in [0.15, 0.2) is 17.4 Å². The number of aromatic amines is 1. The normalized spacial score (nSPS) is 20.1. The van der Waals surface area contributed by atoms with Gasteiger partial charge in [0.1, 0.15) is 15.8 Å². The van der Waals surface area contributed by atoms with Gasteiger partial charge >= 0.3 is 6.18 Å². The SMILES string of the molecule is Cc1nnc([C@]2(Cc3cccc(Nc4cc[nH]n4)n3)CC[C@H](Oc3cccc(C(F)(F)F)c3F)CC2)s1. The van der Waals surface area contributed by atoms with Crippen LogP contribution in [0.25, 0.3) is 0 Å².